The zero-order valence-electron chi connectivity index (χ0n) is 11.4. The maximum atomic E-state index is 13.3. The van der Waals surface area contributed by atoms with Crippen LogP contribution in [0, 0.1) is 11.7 Å². The maximum absolute atomic E-state index is 13.3. The van der Waals surface area contributed by atoms with E-state index in [4.69, 9.17) is 4.74 Å². The molecule has 18 heavy (non-hydrogen) atoms. The molecule has 0 saturated carbocycles. The van der Waals surface area contributed by atoms with Gasteiger partial charge in [-0.25, -0.2) is 4.39 Å². The molecule has 0 aliphatic rings. The summed E-state index contributed by atoms with van der Waals surface area (Å²) in [5, 5.41) is 3.42. The number of ether oxygens (including phenoxy) is 1. The van der Waals surface area contributed by atoms with Crippen LogP contribution in [0.3, 0.4) is 0 Å². The summed E-state index contributed by atoms with van der Waals surface area (Å²) in [4.78, 5) is 0. The summed E-state index contributed by atoms with van der Waals surface area (Å²) >= 11 is 3.12. The fourth-order valence-electron chi connectivity index (χ4n) is 1.34. The Morgan fingerprint density at radius 1 is 1.39 bits per heavy atom. The van der Waals surface area contributed by atoms with Gasteiger partial charge in [-0.05, 0) is 48.8 Å². The van der Waals surface area contributed by atoms with Crippen molar-refractivity contribution in [3.63, 3.8) is 0 Å². The molecule has 0 amide bonds. The SMILES string of the molecule is CC(CNC(C)(C)C)COc1ccc(Br)c(F)c1. The fraction of sp³-hybridized carbons (Fsp3) is 0.571. The molecule has 4 heteroatoms. The van der Waals surface area contributed by atoms with Crippen LogP contribution >= 0.6 is 15.9 Å². The maximum Gasteiger partial charge on any atom is 0.141 e. The Morgan fingerprint density at radius 2 is 2.06 bits per heavy atom. The molecule has 0 aliphatic heterocycles. The van der Waals surface area contributed by atoms with Gasteiger partial charge < -0.3 is 10.1 Å². The molecule has 0 bridgehead atoms. The largest absolute Gasteiger partial charge is 0.493 e. The minimum absolute atomic E-state index is 0.109. The van der Waals surface area contributed by atoms with E-state index in [9.17, 15) is 4.39 Å². The zero-order chi connectivity index (χ0) is 13.8. The highest BCUT2D eigenvalue weighted by Gasteiger charge is 2.11. The van der Waals surface area contributed by atoms with E-state index < -0.39 is 0 Å². The van der Waals surface area contributed by atoms with Gasteiger partial charge in [0.15, 0.2) is 0 Å². The van der Waals surface area contributed by atoms with Crippen molar-refractivity contribution < 1.29 is 9.13 Å². The molecule has 0 spiro atoms. The van der Waals surface area contributed by atoms with Gasteiger partial charge in [0.25, 0.3) is 0 Å². The smallest absolute Gasteiger partial charge is 0.141 e. The van der Waals surface area contributed by atoms with Crippen LogP contribution in [-0.4, -0.2) is 18.7 Å². The van der Waals surface area contributed by atoms with E-state index in [0.717, 1.165) is 6.54 Å². The van der Waals surface area contributed by atoms with E-state index in [1.165, 1.54) is 6.07 Å². The van der Waals surface area contributed by atoms with Crippen molar-refractivity contribution in [1.29, 1.82) is 0 Å². The van der Waals surface area contributed by atoms with Crippen LogP contribution in [0.4, 0.5) is 4.39 Å². The van der Waals surface area contributed by atoms with Gasteiger partial charge in [0.05, 0.1) is 11.1 Å². The number of benzene rings is 1. The number of nitrogens with one attached hydrogen (secondary N) is 1. The standard InChI is InChI=1S/C14H21BrFNO/c1-10(8-17-14(2,3)4)9-18-11-5-6-12(15)13(16)7-11/h5-7,10,17H,8-9H2,1-4H3. The highest BCUT2D eigenvalue weighted by molar-refractivity contribution is 9.10. The van der Waals surface area contributed by atoms with Crippen molar-refractivity contribution in [3.8, 4) is 5.75 Å². The van der Waals surface area contributed by atoms with Gasteiger partial charge in [-0.3, -0.25) is 0 Å². The fourth-order valence-corrected chi connectivity index (χ4v) is 1.59. The first-order valence-corrected chi connectivity index (χ1v) is 6.90. The molecule has 0 radical (unpaired) electrons. The van der Waals surface area contributed by atoms with Crippen molar-refractivity contribution in [1.82, 2.24) is 5.32 Å². The summed E-state index contributed by atoms with van der Waals surface area (Å²) in [7, 11) is 0. The van der Waals surface area contributed by atoms with E-state index in [1.54, 1.807) is 12.1 Å². The van der Waals surface area contributed by atoms with E-state index in [2.05, 4.69) is 48.9 Å². The molecule has 1 N–H and O–H groups in total. The molecule has 0 heterocycles. The van der Waals surface area contributed by atoms with Crippen molar-refractivity contribution >= 4 is 15.9 Å². The van der Waals surface area contributed by atoms with Gasteiger partial charge in [0, 0.05) is 24.1 Å². The number of halogens is 2. The van der Waals surface area contributed by atoms with Crippen molar-refractivity contribution in [2.45, 2.75) is 33.2 Å². The first kappa shape index (κ1) is 15.4. The third-order valence-electron chi connectivity index (χ3n) is 2.41. The van der Waals surface area contributed by atoms with Gasteiger partial charge in [-0.15, -0.1) is 0 Å². The quantitative estimate of drug-likeness (QED) is 0.886. The second-order valence-electron chi connectivity index (χ2n) is 5.62. The second kappa shape index (κ2) is 6.53. The lowest BCUT2D eigenvalue weighted by atomic mass is 10.1. The highest BCUT2D eigenvalue weighted by Crippen LogP contribution is 2.21. The van der Waals surface area contributed by atoms with E-state index in [-0.39, 0.29) is 11.4 Å². The third kappa shape index (κ3) is 5.83. The predicted molar refractivity (Wildman–Crippen MR) is 76.5 cm³/mol. The molecular formula is C14H21BrFNO. The van der Waals surface area contributed by atoms with Gasteiger partial charge >= 0.3 is 0 Å². The topological polar surface area (TPSA) is 21.3 Å². The Bertz CT molecular complexity index is 390. The summed E-state index contributed by atoms with van der Waals surface area (Å²) in [5.41, 5.74) is 0.109. The normalized spacial score (nSPS) is 13.4. The van der Waals surface area contributed by atoms with Crippen LogP contribution < -0.4 is 10.1 Å². The molecule has 1 aromatic rings. The predicted octanol–water partition coefficient (Wildman–Crippen LogP) is 3.99. The Kier molecular flexibility index (Phi) is 5.60. The molecule has 0 aliphatic carbocycles. The number of hydrogen-bond acceptors (Lipinski definition) is 2. The average Bonchev–Trinajstić information content (AvgIpc) is 2.27. The van der Waals surface area contributed by atoms with Crippen molar-refractivity contribution in [2.75, 3.05) is 13.2 Å². The average molecular weight is 318 g/mol. The van der Waals surface area contributed by atoms with Gasteiger partial charge in [0.2, 0.25) is 0 Å². The van der Waals surface area contributed by atoms with Gasteiger partial charge in [0.1, 0.15) is 11.6 Å². The molecule has 0 fully saturated rings. The monoisotopic (exact) mass is 317 g/mol. The Balaban J connectivity index is 2.38. The lowest BCUT2D eigenvalue weighted by Crippen LogP contribution is -2.39. The summed E-state index contributed by atoms with van der Waals surface area (Å²) < 4.78 is 19.3. The van der Waals surface area contributed by atoms with E-state index >= 15 is 0 Å². The minimum Gasteiger partial charge on any atom is -0.493 e. The van der Waals surface area contributed by atoms with E-state index in [1.807, 2.05) is 0 Å². The summed E-state index contributed by atoms with van der Waals surface area (Å²) in [6, 6.07) is 4.81. The Labute approximate surface area is 117 Å². The van der Waals surface area contributed by atoms with E-state index in [0.29, 0.717) is 22.7 Å². The molecule has 1 rings (SSSR count). The molecule has 102 valence electrons. The van der Waals surface area contributed by atoms with Gasteiger partial charge in [-0.2, -0.15) is 0 Å². The second-order valence-corrected chi connectivity index (χ2v) is 6.48. The van der Waals surface area contributed by atoms with Gasteiger partial charge in [-0.1, -0.05) is 6.92 Å². The Morgan fingerprint density at radius 3 is 2.61 bits per heavy atom. The molecular weight excluding hydrogens is 297 g/mol. The molecule has 1 atom stereocenters. The van der Waals surface area contributed by atoms with Crippen LogP contribution in [0.1, 0.15) is 27.7 Å². The van der Waals surface area contributed by atoms with Crippen LogP contribution in [0.15, 0.2) is 22.7 Å². The summed E-state index contributed by atoms with van der Waals surface area (Å²) in [5.74, 6) is 0.641. The first-order valence-electron chi connectivity index (χ1n) is 6.11. The molecule has 0 saturated heterocycles. The number of hydrogen-bond donors (Lipinski definition) is 1. The summed E-state index contributed by atoms with van der Waals surface area (Å²) in [6.07, 6.45) is 0. The van der Waals surface area contributed by atoms with Crippen LogP contribution in [0.2, 0.25) is 0 Å². The summed E-state index contributed by atoms with van der Waals surface area (Å²) in [6.45, 7) is 9.95. The highest BCUT2D eigenvalue weighted by atomic mass is 79.9. The lowest BCUT2D eigenvalue weighted by molar-refractivity contribution is 0.243. The zero-order valence-corrected chi connectivity index (χ0v) is 13.0. The molecule has 1 unspecified atom stereocenters. The third-order valence-corrected chi connectivity index (χ3v) is 3.05. The van der Waals surface area contributed by atoms with Crippen molar-refractivity contribution in [2.24, 2.45) is 5.92 Å². The van der Waals surface area contributed by atoms with Crippen LogP contribution in [0.5, 0.6) is 5.75 Å². The molecule has 2 nitrogen and oxygen atoms in total. The molecule has 1 aromatic carbocycles. The molecule has 0 aromatic heterocycles. The number of rotatable bonds is 5. The van der Waals surface area contributed by atoms with Crippen molar-refractivity contribution in [3.05, 3.63) is 28.5 Å². The lowest BCUT2D eigenvalue weighted by Gasteiger charge is -2.23. The van der Waals surface area contributed by atoms with Crippen LogP contribution in [0.25, 0.3) is 0 Å². The first-order chi connectivity index (χ1) is 8.28. The van der Waals surface area contributed by atoms with Crippen LogP contribution in [-0.2, 0) is 0 Å². The minimum atomic E-state index is -0.298. The Hall–Kier alpha value is -0.610.